The van der Waals surface area contributed by atoms with Crippen LogP contribution < -0.4 is 0 Å². The molecule has 7 heteroatoms. The summed E-state index contributed by atoms with van der Waals surface area (Å²) in [5, 5.41) is 0. The van der Waals surface area contributed by atoms with Gasteiger partial charge in [0.2, 0.25) is 15.9 Å². The predicted octanol–water partition coefficient (Wildman–Crippen LogP) is 1.50. The lowest BCUT2D eigenvalue weighted by molar-refractivity contribution is -0.136. The molecule has 1 unspecified atom stereocenters. The van der Waals surface area contributed by atoms with Crippen LogP contribution >= 0.6 is 0 Å². The molecule has 0 aromatic heterocycles. The number of benzene rings is 1. The lowest BCUT2D eigenvalue weighted by atomic mass is 9.99. The molecule has 0 radical (unpaired) electrons. The molecule has 1 aliphatic heterocycles. The number of hydrogen-bond donors (Lipinski definition) is 0. The Balaban J connectivity index is 1.90. The van der Waals surface area contributed by atoms with Crippen LogP contribution in [0.4, 0.5) is 4.39 Å². The third-order valence-corrected chi connectivity index (χ3v) is 6.07. The van der Waals surface area contributed by atoms with Crippen molar-refractivity contribution < 1.29 is 17.6 Å². The van der Waals surface area contributed by atoms with E-state index in [0.717, 1.165) is 5.56 Å². The quantitative estimate of drug-likeness (QED) is 0.815. The fourth-order valence-electron chi connectivity index (χ4n) is 2.74. The summed E-state index contributed by atoms with van der Waals surface area (Å²) in [5.41, 5.74) is 0.916. The van der Waals surface area contributed by atoms with Crippen molar-refractivity contribution in [1.29, 1.82) is 0 Å². The van der Waals surface area contributed by atoms with Crippen LogP contribution in [-0.4, -0.2) is 55.5 Å². The van der Waals surface area contributed by atoms with E-state index >= 15 is 0 Å². The zero-order chi connectivity index (χ0) is 17.0. The van der Waals surface area contributed by atoms with Crippen LogP contribution in [0.1, 0.15) is 19.4 Å². The second-order valence-corrected chi connectivity index (χ2v) is 8.11. The first-order valence-corrected chi connectivity index (χ1v) is 9.45. The number of rotatable bonds is 5. The first-order chi connectivity index (χ1) is 10.8. The molecule has 1 amide bonds. The van der Waals surface area contributed by atoms with E-state index in [-0.39, 0.29) is 23.4 Å². The van der Waals surface area contributed by atoms with Gasteiger partial charge >= 0.3 is 0 Å². The van der Waals surface area contributed by atoms with Crippen LogP contribution in [0.15, 0.2) is 24.3 Å². The Morgan fingerprint density at radius 2 is 1.74 bits per heavy atom. The second-order valence-electron chi connectivity index (χ2n) is 5.86. The summed E-state index contributed by atoms with van der Waals surface area (Å²) in [4.78, 5) is 14.2. The lowest BCUT2D eigenvalue weighted by Gasteiger charge is -2.35. The molecule has 1 fully saturated rings. The predicted molar refractivity (Wildman–Crippen MR) is 86.9 cm³/mol. The van der Waals surface area contributed by atoms with Gasteiger partial charge in [0.1, 0.15) is 5.82 Å². The Morgan fingerprint density at radius 3 is 2.26 bits per heavy atom. The van der Waals surface area contributed by atoms with Gasteiger partial charge in [0.15, 0.2) is 0 Å². The average Bonchev–Trinajstić information content (AvgIpc) is 2.56. The van der Waals surface area contributed by atoms with Crippen LogP contribution in [0.5, 0.6) is 0 Å². The van der Waals surface area contributed by atoms with E-state index in [0.29, 0.717) is 32.6 Å². The van der Waals surface area contributed by atoms with Gasteiger partial charge in [0.25, 0.3) is 0 Å². The van der Waals surface area contributed by atoms with Crippen molar-refractivity contribution in [2.75, 3.05) is 31.9 Å². The summed E-state index contributed by atoms with van der Waals surface area (Å²) in [6.45, 7) is 5.02. The van der Waals surface area contributed by atoms with Gasteiger partial charge in [-0.3, -0.25) is 4.79 Å². The smallest absolute Gasteiger partial charge is 0.225 e. The maximum atomic E-state index is 12.9. The van der Waals surface area contributed by atoms with Crippen molar-refractivity contribution in [2.45, 2.75) is 20.3 Å². The minimum Gasteiger partial charge on any atom is -0.340 e. The molecule has 1 atom stereocenters. The third-order valence-electron chi connectivity index (χ3n) is 4.19. The van der Waals surface area contributed by atoms with E-state index in [1.54, 1.807) is 24.0 Å². The minimum absolute atomic E-state index is 0.0165. The Bertz CT molecular complexity index is 638. The van der Waals surface area contributed by atoms with Gasteiger partial charge in [-0.25, -0.2) is 12.8 Å². The number of piperazine rings is 1. The zero-order valence-corrected chi connectivity index (χ0v) is 14.4. The molecule has 2 rings (SSSR count). The molecule has 0 aliphatic carbocycles. The molecule has 1 saturated heterocycles. The maximum Gasteiger partial charge on any atom is 0.225 e. The summed E-state index contributed by atoms with van der Waals surface area (Å²) >= 11 is 0. The number of carbonyl (C=O) groups is 1. The van der Waals surface area contributed by atoms with Gasteiger partial charge in [0.05, 0.1) is 5.75 Å². The highest BCUT2D eigenvalue weighted by Gasteiger charge is 2.29. The fraction of sp³-hybridized carbons (Fsp3) is 0.562. The van der Waals surface area contributed by atoms with Gasteiger partial charge in [-0.2, -0.15) is 4.31 Å². The fourth-order valence-corrected chi connectivity index (χ4v) is 3.83. The Kier molecular flexibility index (Phi) is 5.75. The summed E-state index contributed by atoms with van der Waals surface area (Å²) < 4.78 is 38.0. The second kappa shape index (κ2) is 7.40. The summed E-state index contributed by atoms with van der Waals surface area (Å²) in [6.07, 6.45) is 0.548. The number of halogens is 1. The van der Waals surface area contributed by atoms with E-state index in [1.807, 2.05) is 6.92 Å². The topological polar surface area (TPSA) is 57.7 Å². The van der Waals surface area contributed by atoms with Crippen LogP contribution in [0.3, 0.4) is 0 Å². The van der Waals surface area contributed by atoms with E-state index in [9.17, 15) is 17.6 Å². The van der Waals surface area contributed by atoms with Gasteiger partial charge in [-0.1, -0.05) is 19.1 Å². The lowest BCUT2D eigenvalue weighted by Crippen LogP contribution is -2.52. The van der Waals surface area contributed by atoms with Crippen molar-refractivity contribution in [1.82, 2.24) is 9.21 Å². The van der Waals surface area contributed by atoms with Gasteiger partial charge in [-0.05, 0) is 31.0 Å². The maximum absolute atomic E-state index is 12.9. The number of hydrogen-bond acceptors (Lipinski definition) is 3. The van der Waals surface area contributed by atoms with Crippen LogP contribution in [0.2, 0.25) is 0 Å². The van der Waals surface area contributed by atoms with Crippen LogP contribution in [-0.2, 0) is 21.2 Å². The summed E-state index contributed by atoms with van der Waals surface area (Å²) in [6, 6.07) is 6.15. The molecule has 1 heterocycles. The summed E-state index contributed by atoms with van der Waals surface area (Å²) in [7, 11) is -3.18. The molecule has 0 N–H and O–H groups in total. The number of amides is 1. The SMILES string of the molecule is CCS(=O)(=O)N1CCN(C(=O)C(C)Cc2ccc(F)cc2)CC1. The molecule has 1 aromatic rings. The number of nitrogens with zero attached hydrogens (tertiary/aromatic N) is 2. The Labute approximate surface area is 137 Å². The molecule has 1 aliphatic rings. The van der Waals surface area contributed by atoms with E-state index in [1.165, 1.54) is 16.4 Å². The van der Waals surface area contributed by atoms with Crippen LogP contribution in [0, 0.1) is 11.7 Å². The van der Waals surface area contributed by atoms with Gasteiger partial charge in [0, 0.05) is 32.1 Å². The zero-order valence-electron chi connectivity index (χ0n) is 13.5. The highest BCUT2D eigenvalue weighted by molar-refractivity contribution is 7.89. The number of sulfonamides is 1. The van der Waals surface area contributed by atoms with E-state index in [4.69, 9.17) is 0 Å². The summed E-state index contributed by atoms with van der Waals surface area (Å²) in [5.74, 6) is -0.402. The van der Waals surface area contributed by atoms with E-state index < -0.39 is 10.0 Å². The third kappa shape index (κ3) is 4.51. The molecule has 0 saturated carbocycles. The highest BCUT2D eigenvalue weighted by atomic mass is 32.2. The standard InChI is InChI=1S/C16H23FN2O3S/c1-3-23(21,22)19-10-8-18(9-11-19)16(20)13(2)12-14-4-6-15(17)7-5-14/h4-7,13H,3,8-12H2,1-2H3. The first-order valence-electron chi connectivity index (χ1n) is 7.84. The first kappa shape index (κ1) is 17.9. The molecular formula is C16H23FN2O3S. The molecule has 1 aromatic carbocycles. The normalized spacial score (nSPS) is 18.0. The highest BCUT2D eigenvalue weighted by Crippen LogP contribution is 2.15. The monoisotopic (exact) mass is 342 g/mol. The minimum atomic E-state index is -3.18. The van der Waals surface area contributed by atoms with Gasteiger partial charge < -0.3 is 4.90 Å². The molecule has 128 valence electrons. The van der Waals surface area contributed by atoms with Crippen molar-refractivity contribution in [3.05, 3.63) is 35.6 Å². The largest absolute Gasteiger partial charge is 0.340 e. The molecule has 0 bridgehead atoms. The number of carbonyl (C=O) groups excluding carboxylic acids is 1. The molecular weight excluding hydrogens is 319 g/mol. The Morgan fingerprint density at radius 1 is 1.17 bits per heavy atom. The van der Waals surface area contributed by atoms with Crippen molar-refractivity contribution >= 4 is 15.9 Å². The van der Waals surface area contributed by atoms with Crippen LogP contribution in [0.25, 0.3) is 0 Å². The Hall–Kier alpha value is -1.47. The average molecular weight is 342 g/mol. The van der Waals surface area contributed by atoms with Crippen molar-refractivity contribution in [3.63, 3.8) is 0 Å². The van der Waals surface area contributed by atoms with E-state index in [2.05, 4.69) is 0 Å². The molecule has 0 spiro atoms. The van der Waals surface area contributed by atoms with Crippen molar-refractivity contribution in [2.24, 2.45) is 5.92 Å². The molecule has 23 heavy (non-hydrogen) atoms. The van der Waals surface area contributed by atoms with Gasteiger partial charge in [-0.15, -0.1) is 0 Å². The van der Waals surface area contributed by atoms with Crippen molar-refractivity contribution in [3.8, 4) is 0 Å². The molecule has 5 nitrogen and oxygen atoms in total.